The highest BCUT2D eigenvalue weighted by molar-refractivity contribution is 6.30. The molecule has 2 aromatic rings. The Bertz CT molecular complexity index is 476. The van der Waals surface area contributed by atoms with Crippen LogP contribution in [0.4, 0.5) is 0 Å². The van der Waals surface area contributed by atoms with Crippen LogP contribution in [-0.4, -0.2) is 9.97 Å². The molecule has 0 bridgehead atoms. The highest BCUT2D eigenvalue weighted by Crippen LogP contribution is 2.21. The number of rotatable bonds is 4. The van der Waals surface area contributed by atoms with E-state index in [0.29, 0.717) is 0 Å². The molecular formula is C13H16ClN3. The Morgan fingerprint density at radius 2 is 2.06 bits per heavy atom. The average Bonchev–Trinajstić information content (AvgIpc) is 2.80. The number of aromatic amines is 1. The van der Waals surface area contributed by atoms with Crippen molar-refractivity contribution in [1.29, 1.82) is 0 Å². The summed E-state index contributed by atoms with van der Waals surface area (Å²) < 4.78 is 0. The molecule has 1 aromatic heterocycles. The molecule has 90 valence electrons. The van der Waals surface area contributed by atoms with Crippen LogP contribution in [0.1, 0.15) is 31.6 Å². The molecule has 0 aliphatic rings. The summed E-state index contributed by atoms with van der Waals surface area (Å²) in [6, 6.07) is 7.64. The normalized spacial score (nSPS) is 12.6. The van der Waals surface area contributed by atoms with Crippen molar-refractivity contribution in [2.24, 2.45) is 5.73 Å². The highest BCUT2D eigenvalue weighted by Gasteiger charge is 2.09. The summed E-state index contributed by atoms with van der Waals surface area (Å²) in [5.41, 5.74) is 8.05. The van der Waals surface area contributed by atoms with Crippen LogP contribution in [0.3, 0.4) is 0 Å². The van der Waals surface area contributed by atoms with Crippen LogP contribution in [0.2, 0.25) is 5.02 Å². The first-order valence-electron chi connectivity index (χ1n) is 5.77. The lowest BCUT2D eigenvalue weighted by Crippen LogP contribution is -2.11. The molecule has 17 heavy (non-hydrogen) atoms. The van der Waals surface area contributed by atoms with Gasteiger partial charge in [0.15, 0.2) is 0 Å². The van der Waals surface area contributed by atoms with Gasteiger partial charge in [-0.05, 0) is 24.1 Å². The molecule has 3 nitrogen and oxygen atoms in total. The van der Waals surface area contributed by atoms with E-state index < -0.39 is 0 Å². The number of nitrogens with two attached hydrogens (primary N) is 1. The van der Waals surface area contributed by atoms with Crippen molar-refractivity contribution in [3.05, 3.63) is 41.3 Å². The minimum Gasteiger partial charge on any atom is -0.341 e. The van der Waals surface area contributed by atoms with Gasteiger partial charge in [-0.25, -0.2) is 4.98 Å². The van der Waals surface area contributed by atoms with Crippen LogP contribution >= 0.6 is 11.6 Å². The molecule has 0 amide bonds. The fourth-order valence-electron chi connectivity index (χ4n) is 1.75. The van der Waals surface area contributed by atoms with E-state index in [9.17, 15) is 0 Å². The summed E-state index contributed by atoms with van der Waals surface area (Å²) in [7, 11) is 0. The van der Waals surface area contributed by atoms with E-state index in [0.717, 1.165) is 34.9 Å². The van der Waals surface area contributed by atoms with E-state index in [1.807, 2.05) is 30.5 Å². The fraction of sp³-hybridized carbons (Fsp3) is 0.308. The predicted octanol–water partition coefficient (Wildman–Crippen LogP) is 3.53. The van der Waals surface area contributed by atoms with Gasteiger partial charge in [0.25, 0.3) is 0 Å². The maximum absolute atomic E-state index is 6.01. The number of benzene rings is 1. The second-order valence-electron chi connectivity index (χ2n) is 4.08. The molecule has 0 radical (unpaired) electrons. The first-order valence-corrected chi connectivity index (χ1v) is 6.15. The molecule has 0 fully saturated rings. The SMILES string of the molecule is CCCC(N)c1ncc(-c2ccc(Cl)cc2)[nH]1. The Balaban J connectivity index is 2.20. The molecule has 0 aliphatic heterocycles. The second kappa shape index (κ2) is 5.34. The maximum atomic E-state index is 6.01. The van der Waals surface area contributed by atoms with Crippen LogP contribution in [0.15, 0.2) is 30.5 Å². The Kier molecular flexibility index (Phi) is 3.82. The summed E-state index contributed by atoms with van der Waals surface area (Å²) in [6.07, 6.45) is 3.81. The highest BCUT2D eigenvalue weighted by atomic mass is 35.5. The minimum absolute atomic E-state index is 0.0129. The van der Waals surface area contributed by atoms with Crippen molar-refractivity contribution in [2.45, 2.75) is 25.8 Å². The number of hydrogen-bond donors (Lipinski definition) is 2. The van der Waals surface area contributed by atoms with E-state index in [2.05, 4.69) is 16.9 Å². The van der Waals surface area contributed by atoms with Crippen molar-refractivity contribution < 1.29 is 0 Å². The molecule has 0 saturated heterocycles. The zero-order valence-electron chi connectivity index (χ0n) is 9.78. The van der Waals surface area contributed by atoms with E-state index >= 15 is 0 Å². The van der Waals surface area contributed by atoms with Gasteiger partial charge in [0.05, 0.1) is 17.9 Å². The van der Waals surface area contributed by atoms with Gasteiger partial charge in [-0.2, -0.15) is 0 Å². The van der Waals surface area contributed by atoms with Crippen LogP contribution in [-0.2, 0) is 0 Å². The fourth-order valence-corrected chi connectivity index (χ4v) is 1.87. The van der Waals surface area contributed by atoms with Crippen LogP contribution in [0, 0.1) is 0 Å². The number of hydrogen-bond acceptors (Lipinski definition) is 2. The van der Waals surface area contributed by atoms with Crippen LogP contribution in [0.5, 0.6) is 0 Å². The quantitative estimate of drug-likeness (QED) is 0.871. The Morgan fingerprint density at radius 1 is 1.35 bits per heavy atom. The Labute approximate surface area is 106 Å². The predicted molar refractivity (Wildman–Crippen MR) is 70.9 cm³/mol. The molecule has 0 aliphatic carbocycles. The lowest BCUT2D eigenvalue weighted by atomic mass is 10.1. The molecule has 4 heteroatoms. The zero-order chi connectivity index (χ0) is 12.3. The smallest absolute Gasteiger partial charge is 0.123 e. The summed E-state index contributed by atoms with van der Waals surface area (Å²) in [5.74, 6) is 0.844. The third-order valence-corrected chi connectivity index (χ3v) is 2.95. The van der Waals surface area contributed by atoms with Crippen molar-refractivity contribution in [3.8, 4) is 11.3 Å². The monoisotopic (exact) mass is 249 g/mol. The topological polar surface area (TPSA) is 54.7 Å². The lowest BCUT2D eigenvalue weighted by Gasteiger charge is -2.05. The van der Waals surface area contributed by atoms with E-state index in [4.69, 9.17) is 17.3 Å². The number of H-pyrrole nitrogens is 1. The third-order valence-electron chi connectivity index (χ3n) is 2.70. The molecule has 0 spiro atoms. The van der Waals surface area contributed by atoms with Gasteiger partial charge >= 0.3 is 0 Å². The summed E-state index contributed by atoms with van der Waals surface area (Å²) in [5, 5.41) is 0.733. The van der Waals surface area contributed by atoms with Crippen LogP contribution < -0.4 is 5.73 Å². The number of nitrogens with zero attached hydrogens (tertiary/aromatic N) is 1. The van der Waals surface area contributed by atoms with Crippen molar-refractivity contribution in [1.82, 2.24) is 9.97 Å². The van der Waals surface area contributed by atoms with Crippen molar-refractivity contribution >= 4 is 11.6 Å². The molecule has 0 saturated carbocycles. The van der Waals surface area contributed by atoms with Crippen molar-refractivity contribution in [3.63, 3.8) is 0 Å². The maximum Gasteiger partial charge on any atom is 0.123 e. The van der Waals surface area contributed by atoms with Gasteiger partial charge in [-0.3, -0.25) is 0 Å². The van der Waals surface area contributed by atoms with Gasteiger partial charge in [-0.15, -0.1) is 0 Å². The second-order valence-corrected chi connectivity index (χ2v) is 4.52. The number of nitrogens with one attached hydrogen (secondary N) is 1. The Hall–Kier alpha value is -1.32. The molecule has 3 N–H and O–H groups in total. The van der Waals surface area contributed by atoms with Gasteiger partial charge in [0.1, 0.15) is 5.82 Å². The van der Waals surface area contributed by atoms with Crippen LogP contribution in [0.25, 0.3) is 11.3 Å². The molecule has 1 aromatic carbocycles. The summed E-state index contributed by atoms with van der Waals surface area (Å²) >= 11 is 5.85. The molecule has 1 unspecified atom stereocenters. The molecule has 2 rings (SSSR count). The largest absolute Gasteiger partial charge is 0.341 e. The van der Waals surface area contributed by atoms with Gasteiger partial charge < -0.3 is 10.7 Å². The average molecular weight is 250 g/mol. The van der Waals surface area contributed by atoms with E-state index in [1.54, 1.807) is 0 Å². The summed E-state index contributed by atoms with van der Waals surface area (Å²) in [6.45, 7) is 2.11. The number of imidazole rings is 1. The van der Waals surface area contributed by atoms with E-state index in [-0.39, 0.29) is 6.04 Å². The Morgan fingerprint density at radius 3 is 2.71 bits per heavy atom. The lowest BCUT2D eigenvalue weighted by molar-refractivity contribution is 0.609. The number of aromatic nitrogens is 2. The third kappa shape index (κ3) is 2.87. The first-order chi connectivity index (χ1) is 8.20. The van der Waals surface area contributed by atoms with Crippen molar-refractivity contribution in [2.75, 3.05) is 0 Å². The first kappa shape index (κ1) is 12.1. The van der Waals surface area contributed by atoms with Gasteiger partial charge in [-0.1, -0.05) is 37.1 Å². The molecule has 1 atom stereocenters. The zero-order valence-corrected chi connectivity index (χ0v) is 10.5. The van der Waals surface area contributed by atoms with Gasteiger partial charge in [0.2, 0.25) is 0 Å². The number of halogens is 1. The molecular weight excluding hydrogens is 234 g/mol. The summed E-state index contributed by atoms with van der Waals surface area (Å²) in [4.78, 5) is 7.57. The minimum atomic E-state index is -0.0129. The standard InChI is InChI=1S/C13H16ClN3/c1-2-3-11(15)13-16-8-12(17-13)9-4-6-10(14)7-5-9/h4-8,11H,2-3,15H2,1H3,(H,16,17). The van der Waals surface area contributed by atoms with E-state index in [1.165, 1.54) is 0 Å². The van der Waals surface area contributed by atoms with Gasteiger partial charge in [0, 0.05) is 5.02 Å². The molecule has 1 heterocycles.